The predicted molar refractivity (Wildman–Crippen MR) is 47.1 cm³/mol. The van der Waals surface area contributed by atoms with Gasteiger partial charge in [0.1, 0.15) is 0 Å². The number of ether oxygens (including phenoxy) is 1. The molecule has 0 aromatic carbocycles. The quantitative estimate of drug-likeness (QED) is 0.751. The van der Waals surface area contributed by atoms with Gasteiger partial charge in [0.25, 0.3) is 0 Å². The molecular weight excluding hydrogens is 195 g/mol. The smallest absolute Gasteiger partial charge is 0.378 e. The van der Waals surface area contributed by atoms with Crippen LogP contribution in [0.2, 0.25) is 0 Å². The Labute approximate surface area is 81.8 Å². The van der Waals surface area contributed by atoms with E-state index >= 15 is 0 Å². The van der Waals surface area contributed by atoms with Crippen molar-refractivity contribution in [3.63, 3.8) is 0 Å². The van der Waals surface area contributed by atoms with Crippen molar-refractivity contribution >= 4 is 0 Å². The average molecular weight is 211 g/mol. The largest absolute Gasteiger partial charge is 0.391 e. The second-order valence-electron chi connectivity index (χ2n) is 3.58. The third-order valence-electron chi connectivity index (χ3n) is 2.33. The summed E-state index contributed by atoms with van der Waals surface area (Å²) in [6.45, 7) is 2.71. The maximum absolute atomic E-state index is 11.7. The van der Waals surface area contributed by atoms with E-state index in [1.54, 1.807) is 0 Å². The van der Waals surface area contributed by atoms with Crippen LogP contribution < -0.4 is 5.32 Å². The van der Waals surface area contributed by atoms with Crippen molar-refractivity contribution < 1.29 is 17.9 Å². The van der Waals surface area contributed by atoms with Crippen molar-refractivity contribution in [2.24, 2.45) is 0 Å². The van der Waals surface area contributed by atoms with Crippen molar-refractivity contribution in [1.82, 2.24) is 5.32 Å². The average Bonchev–Trinajstić information content (AvgIpc) is 1.97. The molecule has 1 rings (SSSR count). The van der Waals surface area contributed by atoms with Gasteiger partial charge in [0.2, 0.25) is 0 Å². The summed E-state index contributed by atoms with van der Waals surface area (Å²) in [6.07, 6.45) is -3.22. The molecular formula is C9H16F3NO. The first-order chi connectivity index (χ1) is 6.51. The summed E-state index contributed by atoms with van der Waals surface area (Å²) in [4.78, 5) is 0. The Kier molecular flexibility index (Phi) is 4.19. The third-order valence-corrected chi connectivity index (χ3v) is 2.33. The topological polar surface area (TPSA) is 21.3 Å². The Balaban J connectivity index is 1.96. The molecule has 0 aromatic heterocycles. The van der Waals surface area contributed by atoms with Crippen LogP contribution in [0.3, 0.4) is 0 Å². The minimum Gasteiger partial charge on any atom is -0.378 e. The van der Waals surface area contributed by atoms with Crippen LogP contribution in [0.4, 0.5) is 13.2 Å². The second-order valence-corrected chi connectivity index (χ2v) is 3.58. The summed E-state index contributed by atoms with van der Waals surface area (Å²) >= 11 is 0. The molecule has 1 N–H and O–H groups in total. The van der Waals surface area contributed by atoms with Gasteiger partial charge in [-0.3, -0.25) is 0 Å². The van der Waals surface area contributed by atoms with Crippen LogP contribution in [0.25, 0.3) is 0 Å². The van der Waals surface area contributed by atoms with Gasteiger partial charge >= 0.3 is 6.18 Å². The Morgan fingerprint density at radius 1 is 1.36 bits per heavy atom. The van der Waals surface area contributed by atoms with Gasteiger partial charge in [0.15, 0.2) is 0 Å². The molecule has 1 aliphatic carbocycles. The summed E-state index contributed by atoms with van der Waals surface area (Å²) in [5.74, 6) is 0. The summed E-state index contributed by atoms with van der Waals surface area (Å²) in [6, 6.07) is 0.441. The fraction of sp³-hybridized carbons (Fsp3) is 1.00. The lowest BCUT2D eigenvalue weighted by Gasteiger charge is -2.35. The van der Waals surface area contributed by atoms with Crippen LogP contribution in [-0.2, 0) is 4.74 Å². The summed E-state index contributed by atoms with van der Waals surface area (Å²) in [5, 5.41) is 3.22. The van der Waals surface area contributed by atoms with Crippen molar-refractivity contribution in [3.8, 4) is 0 Å². The first-order valence-electron chi connectivity index (χ1n) is 4.93. The van der Waals surface area contributed by atoms with Gasteiger partial charge in [-0.05, 0) is 19.4 Å². The maximum Gasteiger partial charge on any atom is 0.391 e. The van der Waals surface area contributed by atoms with E-state index < -0.39 is 12.6 Å². The van der Waals surface area contributed by atoms with Gasteiger partial charge in [-0.15, -0.1) is 0 Å². The zero-order valence-electron chi connectivity index (χ0n) is 8.23. The summed E-state index contributed by atoms with van der Waals surface area (Å²) in [7, 11) is 0. The molecule has 0 amide bonds. The summed E-state index contributed by atoms with van der Waals surface area (Å²) < 4.78 is 40.3. The standard InChI is InChI=1S/C9H16F3NO/c1-2-13-7-5-8(6-7)14-4-3-9(10,11)12/h7-8,13H,2-6H2,1H3. The van der Waals surface area contributed by atoms with E-state index in [2.05, 4.69) is 5.32 Å². The molecule has 0 aliphatic heterocycles. The number of nitrogens with one attached hydrogen (secondary N) is 1. The Hall–Kier alpha value is -0.290. The molecule has 14 heavy (non-hydrogen) atoms. The molecule has 0 bridgehead atoms. The van der Waals surface area contributed by atoms with Crippen LogP contribution >= 0.6 is 0 Å². The van der Waals surface area contributed by atoms with Crippen molar-refractivity contribution in [2.75, 3.05) is 13.2 Å². The van der Waals surface area contributed by atoms with Crippen molar-refractivity contribution in [1.29, 1.82) is 0 Å². The first-order valence-corrected chi connectivity index (χ1v) is 4.93. The molecule has 0 saturated heterocycles. The highest BCUT2D eigenvalue weighted by molar-refractivity contribution is 4.85. The molecule has 0 aromatic rings. The molecule has 2 nitrogen and oxygen atoms in total. The highest BCUT2D eigenvalue weighted by Gasteiger charge is 2.31. The molecule has 0 heterocycles. The molecule has 1 saturated carbocycles. The van der Waals surface area contributed by atoms with Gasteiger partial charge < -0.3 is 10.1 Å². The van der Waals surface area contributed by atoms with Crippen LogP contribution in [0.1, 0.15) is 26.2 Å². The monoisotopic (exact) mass is 211 g/mol. The number of hydrogen-bond acceptors (Lipinski definition) is 2. The van der Waals surface area contributed by atoms with Gasteiger partial charge in [0, 0.05) is 6.04 Å². The molecule has 0 spiro atoms. The third kappa shape index (κ3) is 4.28. The maximum atomic E-state index is 11.7. The number of alkyl halides is 3. The summed E-state index contributed by atoms with van der Waals surface area (Å²) in [5.41, 5.74) is 0. The minimum absolute atomic E-state index is 0.0291. The van der Waals surface area contributed by atoms with Gasteiger partial charge in [-0.1, -0.05) is 6.92 Å². The van der Waals surface area contributed by atoms with Crippen LogP contribution in [0, 0.1) is 0 Å². The molecule has 84 valence electrons. The predicted octanol–water partition coefficient (Wildman–Crippen LogP) is 2.10. The van der Waals surface area contributed by atoms with E-state index in [0.717, 1.165) is 19.4 Å². The normalized spacial score (nSPS) is 27.4. The molecule has 0 radical (unpaired) electrons. The van der Waals surface area contributed by atoms with Crippen molar-refractivity contribution in [3.05, 3.63) is 0 Å². The van der Waals surface area contributed by atoms with Crippen molar-refractivity contribution in [2.45, 2.75) is 44.5 Å². The van der Waals surface area contributed by atoms with Crippen LogP contribution in [0.5, 0.6) is 0 Å². The lowest BCUT2D eigenvalue weighted by atomic mass is 9.89. The molecule has 0 atom stereocenters. The highest BCUT2D eigenvalue weighted by atomic mass is 19.4. The fourth-order valence-corrected chi connectivity index (χ4v) is 1.50. The van der Waals surface area contributed by atoms with E-state index in [-0.39, 0.29) is 12.7 Å². The Morgan fingerprint density at radius 2 is 2.00 bits per heavy atom. The van der Waals surface area contributed by atoms with E-state index in [0.29, 0.717) is 6.04 Å². The molecule has 5 heteroatoms. The Morgan fingerprint density at radius 3 is 2.50 bits per heavy atom. The fourth-order valence-electron chi connectivity index (χ4n) is 1.50. The SMILES string of the molecule is CCNC1CC(OCCC(F)(F)F)C1. The lowest BCUT2D eigenvalue weighted by Crippen LogP contribution is -2.45. The second kappa shape index (κ2) is 4.98. The zero-order chi connectivity index (χ0) is 10.6. The molecule has 1 fully saturated rings. The van der Waals surface area contributed by atoms with E-state index in [9.17, 15) is 13.2 Å². The van der Waals surface area contributed by atoms with E-state index in [4.69, 9.17) is 4.74 Å². The molecule has 0 unspecified atom stereocenters. The number of hydrogen-bond donors (Lipinski definition) is 1. The first kappa shape index (κ1) is 11.8. The van der Waals surface area contributed by atoms with Crippen LogP contribution in [0.15, 0.2) is 0 Å². The van der Waals surface area contributed by atoms with E-state index in [1.807, 2.05) is 6.92 Å². The van der Waals surface area contributed by atoms with Gasteiger partial charge in [-0.2, -0.15) is 13.2 Å². The molecule has 1 aliphatic rings. The van der Waals surface area contributed by atoms with E-state index in [1.165, 1.54) is 0 Å². The number of rotatable bonds is 5. The minimum atomic E-state index is -4.09. The highest BCUT2D eigenvalue weighted by Crippen LogP contribution is 2.25. The lowest BCUT2D eigenvalue weighted by molar-refractivity contribution is -0.153. The van der Waals surface area contributed by atoms with Gasteiger partial charge in [-0.25, -0.2) is 0 Å². The van der Waals surface area contributed by atoms with Crippen LogP contribution in [-0.4, -0.2) is 31.5 Å². The van der Waals surface area contributed by atoms with Gasteiger partial charge in [0.05, 0.1) is 19.1 Å². The number of halogens is 3. The zero-order valence-corrected chi connectivity index (χ0v) is 8.23. The Bertz CT molecular complexity index is 166.